The Kier molecular flexibility index (Phi) is 5.93. The highest BCUT2D eigenvalue weighted by Crippen LogP contribution is 2.49. The fourth-order valence-corrected chi connectivity index (χ4v) is 6.13. The van der Waals surface area contributed by atoms with Gasteiger partial charge in [0.15, 0.2) is 0 Å². The first kappa shape index (κ1) is 23.0. The Balaban J connectivity index is 1.69. The number of aryl methyl sites for hydroxylation is 2. The molecule has 0 spiro atoms. The van der Waals surface area contributed by atoms with Gasteiger partial charge in [-0.15, -0.1) is 11.6 Å². The van der Waals surface area contributed by atoms with Crippen molar-refractivity contribution in [3.8, 4) is 0 Å². The van der Waals surface area contributed by atoms with Crippen LogP contribution in [0.2, 0.25) is 0 Å². The van der Waals surface area contributed by atoms with Crippen molar-refractivity contribution in [2.75, 3.05) is 5.32 Å². The summed E-state index contributed by atoms with van der Waals surface area (Å²) in [6.07, 6.45) is 0. The standard InChI is InChI=1S/C28H27Cl2N3O/c1-17-25(18(2)33(3)32-17)28(34,20-12-8-5-9-13-20)21-14-15-23-22(16-21)26(29)24(27(30)31-23)19-10-6-4-7-11-19/h4-16,24,26-27,31,34H,1-3H3. The summed E-state index contributed by atoms with van der Waals surface area (Å²) < 4.78 is 1.81. The number of aromatic nitrogens is 2. The molecule has 4 aromatic rings. The van der Waals surface area contributed by atoms with Crippen LogP contribution >= 0.6 is 23.2 Å². The molecule has 6 heteroatoms. The van der Waals surface area contributed by atoms with E-state index in [1.807, 2.05) is 92.3 Å². The van der Waals surface area contributed by atoms with E-state index in [0.29, 0.717) is 0 Å². The van der Waals surface area contributed by atoms with Gasteiger partial charge >= 0.3 is 0 Å². The Hall–Kier alpha value is -2.79. The van der Waals surface area contributed by atoms with Crippen molar-refractivity contribution in [3.05, 3.63) is 118 Å². The molecule has 0 radical (unpaired) electrons. The van der Waals surface area contributed by atoms with Crippen LogP contribution < -0.4 is 5.32 Å². The molecular formula is C28H27Cl2N3O. The summed E-state index contributed by atoms with van der Waals surface area (Å²) in [6.45, 7) is 3.92. The van der Waals surface area contributed by atoms with Gasteiger partial charge in [-0.3, -0.25) is 4.68 Å². The summed E-state index contributed by atoms with van der Waals surface area (Å²) in [7, 11) is 1.90. The molecule has 0 saturated heterocycles. The Labute approximate surface area is 210 Å². The lowest BCUT2D eigenvalue weighted by atomic mass is 9.77. The molecule has 0 aliphatic carbocycles. The van der Waals surface area contributed by atoms with E-state index in [2.05, 4.69) is 22.5 Å². The van der Waals surface area contributed by atoms with Gasteiger partial charge in [0.2, 0.25) is 0 Å². The van der Waals surface area contributed by atoms with Gasteiger partial charge in [-0.1, -0.05) is 78.3 Å². The summed E-state index contributed by atoms with van der Waals surface area (Å²) in [4.78, 5) is 0. The Bertz CT molecular complexity index is 1320. The van der Waals surface area contributed by atoms with Crippen LogP contribution in [0.15, 0.2) is 78.9 Å². The molecule has 1 aromatic heterocycles. The largest absolute Gasteiger partial charge is 0.376 e. The molecule has 2 heterocycles. The first-order valence-electron chi connectivity index (χ1n) is 11.3. The zero-order valence-corrected chi connectivity index (χ0v) is 20.8. The van der Waals surface area contributed by atoms with Crippen LogP contribution in [0.25, 0.3) is 0 Å². The molecule has 4 unspecified atom stereocenters. The monoisotopic (exact) mass is 491 g/mol. The van der Waals surface area contributed by atoms with Crippen molar-refractivity contribution in [2.45, 2.75) is 36.2 Å². The third kappa shape index (κ3) is 3.61. The lowest BCUT2D eigenvalue weighted by Crippen LogP contribution is -2.33. The zero-order valence-electron chi connectivity index (χ0n) is 19.3. The minimum Gasteiger partial charge on any atom is -0.376 e. The second-order valence-electron chi connectivity index (χ2n) is 8.93. The Morgan fingerprint density at radius 2 is 1.56 bits per heavy atom. The Morgan fingerprint density at radius 3 is 2.18 bits per heavy atom. The highest BCUT2D eigenvalue weighted by molar-refractivity contribution is 6.26. The van der Waals surface area contributed by atoms with Gasteiger partial charge in [0.25, 0.3) is 0 Å². The number of hydrogen-bond donors (Lipinski definition) is 2. The van der Waals surface area contributed by atoms with E-state index in [0.717, 1.165) is 44.9 Å². The number of aliphatic hydroxyl groups is 1. The maximum atomic E-state index is 12.5. The van der Waals surface area contributed by atoms with Gasteiger partial charge in [-0.25, -0.2) is 0 Å². The molecule has 0 saturated carbocycles. The van der Waals surface area contributed by atoms with Crippen molar-refractivity contribution in [1.82, 2.24) is 9.78 Å². The van der Waals surface area contributed by atoms with Crippen molar-refractivity contribution in [3.63, 3.8) is 0 Å². The third-order valence-corrected chi connectivity index (χ3v) is 7.82. The van der Waals surface area contributed by atoms with Crippen LogP contribution in [0.5, 0.6) is 0 Å². The van der Waals surface area contributed by atoms with Crippen molar-refractivity contribution >= 4 is 28.9 Å². The molecule has 0 fully saturated rings. The average molecular weight is 492 g/mol. The number of hydrogen-bond acceptors (Lipinski definition) is 3. The molecule has 174 valence electrons. The fourth-order valence-electron chi connectivity index (χ4n) is 5.17. The van der Waals surface area contributed by atoms with E-state index in [1.54, 1.807) is 0 Å². The minimum atomic E-state index is -1.39. The van der Waals surface area contributed by atoms with Gasteiger partial charge in [-0.2, -0.15) is 5.10 Å². The average Bonchev–Trinajstić information content (AvgIpc) is 3.11. The molecule has 4 nitrogen and oxygen atoms in total. The molecule has 0 amide bonds. The number of nitrogens with one attached hydrogen (secondary N) is 1. The van der Waals surface area contributed by atoms with Gasteiger partial charge in [-0.05, 0) is 48.2 Å². The summed E-state index contributed by atoms with van der Waals surface area (Å²) >= 11 is 13.9. The summed E-state index contributed by atoms with van der Waals surface area (Å²) in [5.74, 6) is -0.126. The van der Waals surface area contributed by atoms with Crippen LogP contribution in [0.1, 0.15) is 50.5 Å². The molecule has 5 rings (SSSR count). The molecule has 4 atom stereocenters. The van der Waals surface area contributed by atoms with Crippen LogP contribution in [-0.2, 0) is 12.6 Å². The highest BCUT2D eigenvalue weighted by Gasteiger charge is 2.41. The van der Waals surface area contributed by atoms with Crippen molar-refractivity contribution in [1.29, 1.82) is 0 Å². The number of nitrogens with zero attached hydrogens (tertiary/aromatic N) is 2. The SMILES string of the molecule is Cc1nn(C)c(C)c1C(O)(c1ccccc1)c1ccc2c(c1)C(Cl)C(c1ccccc1)C(Cl)N2. The summed E-state index contributed by atoms with van der Waals surface area (Å²) in [6, 6.07) is 25.7. The van der Waals surface area contributed by atoms with Crippen molar-refractivity contribution in [2.24, 2.45) is 7.05 Å². The number of rotatable bonds is 4. The first-order valence-corrected chi connectivity index (χ1v) is 12.2. The summed E-state index contributed by atoms with van der Waals surface area (Å²) in [5.41, 5.74) is 5.12. The van der Waals surface area contributed by atoms with Crippen LogP contribution in [0, 0.1) is 13.8 Å². The first-order chi connectivity index (χ1) is 16.3. The number of halogens is 2. The predicted octanol–water partition coefficient (Wildman–Crippen LogP) is 6.38. The molecule has 3 aromatic carbocycles. The quantitative estimate of drug-likeness (QED) is 0.257. The van der Waals surface area contributed by atoms with Gasteiger partial charge in [0.05, 0.1) is 11.1 Å². The molecule has 0 bridgehead atoms. The van der Waals surface area contributed by atoms with E-state index >= 15 is 0 Å². The maximum Gasteiger partial charge on any atom is 0.144 e. The second-order valence-corrected chi connectivity index (χ2v) is 9.87. The van der Waals surface area contributed by atoms with Gasteiger partial charge < -0.3 is 10.4 Å². The molecule has 2 N–H and O–H groups in total. The van der Waals surface area contributed by atoms with E-state index < -0.39 is 5.60 Å². The topological polar surface area (TPSA) is 50.1 Å². The Morgan fingerprint density at radius 1 is 0.912 bits per heavy atom. The third-order valence-electron chi connectivity index (χ3n) is 6.94. The van der Waals surface area contributed by atoms with Crippen molar-refractivity contribution < 1.29 is 5.11 Å². The lowest BCUT2D eigenvalue weighted by molar-refractivity contribution is 0.124. The minimum absolute atomic E-state index is 0.126. The van der Waals surface area contributed by atoms with E-state index in [9.17, 15) is 5.11 Å². The fraction of sp³-hybridized carbons (Fsp3) is 0.250. The predicted molar refractivity (Wildman–Crippen MR) is 139 cm³/mol. The van der Waals surface area contributed by atoms with Crippen LogP contribution in [-0.4, -0.2) is 20.4 Å². The zero-order chi connectivity index (χ0) is 24.0. The number of anilines is 1. The lowest BCUT2D eigenvalue weighted by Gasteiger charge is -2.37. The van der Waals surface area contributed by atoms with E-state index in [1.165, 1.54) is 0 Å². The smallest absolute Gasteiger partial charge is 0.144 e. The second kappa shape index (κ2) is 8.77. The van der Waals surface area contributed by atoms with Crippen LogP contribution in [0.3, 0.4) is 0 Å². The normalized spacial score (nSPS) is 21.4. The number of fused-ring (bicyclic) bond motifs is 1. The highest BCUT2D eigenvalue weighted by atomic mass is 35.5. The van der Waals surface area contributed by atoms with Gasteiger partial charge in [0.1, 0.15) is 11.1 Å². The molecular weight excluding hydrogens is 465 g/mol. The molecule has 1 aliphatic heterocycles. The summed E-state index contributed by atoms with van der Waals surface area (Å²) in [5, 5.41) is 20.1. The van der Waals surface area contributed by atoms with E-state index in [-0.39, 0.29) is 16.8 Å². The number of alkyl halides is 2. The van der Waals surface area contributed by atoms with E-state index in [4.69, 9.17) is 23.2 Å². The number of benzene rings is 3. The van der Waals surface area contributed by atoms with Crippen LogP contribution in [0.4, 0.5) is 5.69 Å². The molecule has 1 aliphatic rings. The maximum absolute atomic E-state index is 12.5. The van der Waals surface area contributed by atoms with Gasteiger partial charge in [0, 0.05) is 29.9 Å². The molecule has 34 heavy (non-hydrogen) atoms.